The Labute approximate surface area is 154 Å². The van der Waals surface area contributed by atoms with E-state index >= 15 is 0 Å². The number of aromatic nitrogens is 1. The molecule has 0 aromatic carbocycles. The normalized spacial score (nSPS) is 11.0. The van der Waals surface area contributed by atoms with E-state index in [1.807, 2.05) is 0 Å². The lowest BCUT2D eigenvalue weighted by Gasteiger charge is -2.01. The lowest BCUT2D eigenvalue weighted by Crippen LogP contribution is -2.32. The fourth-order valence-electron chi connectivity index (χ4n) is 2.57. The van der Waals surface area contributed by atoms with Gasteiger partial charge in [0.1, 0.15) is 6.54 Å². The average Bonchev–Trinajstić information content (AvgIpc) is 2.56. The van der Waals surface area contributed by atoms with Gasteiger partial charge in [0, 0.05) is 18.1 Å². The molecular weight excluding hydrogens is 338 g/mol. The summed E-state index contributed by atoms with van der Waals surface area (Å²) in [5, 5.41) is 0. The van der Waals surface area contributed by atoms with Gasteiger partial charge in [-0.2, -0.15) is 0 Å². The smallest absolute Gasteiger partial charge is 0.217 e. The van der Waals surface area contributed by atoms with Crippen LogP contribution in [0, 0.1) is 6.92 Å². The van der Waals surface area contributed by atoms with Gasteiger partial charge in [0.25, 0.3) is 0 Å². The van der Waals surface area contributed by atoms with Gasteiger partial charge in [-0.3, -0.25) is 4.18 Å². The fourth-order valence-corrected chi connectivity index (χ4v) is 2.57. The molecule has 0 aliphatic heterocycles. The van der Waals surface area contributed by atoms with Crippen molar-refractivity contribution in [2.45, 2.75) is 84.6 Å². The Morgan fingerprint density at radius 1 is 1.00 bits per heavy atom. The highest BCUT2D eigenvalue weighted by Crippen LogP contribution is 2.10. The summed E-state index contributed by atoms with van der Waals surface area (Å²) < 4.78 is 33.3. The van der Waals surface area contributed by atoms with Crippen LogP contribution in [-0.4, -0.2) is 20.1 Å². The summed E-state index contributed by atoms with van der Waals surface area (Å²) in [6.07, 6.45) is 18.6. The van der Waals surface area contributed by atoms with Crippen molar-refractivity contribution in [3.63, 3.8) is 0 Å². The largest absolute Gasteiger partial charge is 0.726 e. The zero-order valence-corrected chi connectivity index (χ0v) is 16.9. The van der Waals surface area contributed by atoms with Crippen molar-refractivity contribution in [2.24, 2.45) is 0 Å². The Hall–Kier alpha value is -0.980. The van der Waals surface area contributed by atoms with E-state index in [1.165, 1.54) is 76.3 Å². The van der Waals surface area contributed by atoms with E-state index in [0.29, 0.717) is 0 Å². The number of rotatable bonds is 12. The summed E-state index contributed by atoms with van der Waals surface area (Å²) in [6, 6.07) is 4.31. The molecule has 6 heteroatoms. The third-order valence-electron chi connectivity index (χ3n) is 3.98. The molecule has 0 bridgehead atoms. The van der Waals surface area contributed by atoms with Crippen molar-refractivity contribution in [3.05, 3.63) is 30.1 Å². The van der Waals surface area contributed by atoms with Crippen molar-refractivity contribution < 1.29 is 21.7 Å². The maximum atomic E-state index is 9.22. The molecular formula is C19H35NO4S. The molecule has 0 atom stereocenters. The van der Waals surface area contributed by atoms with Gasteiger partial charge in [0.05, 0.1) is 7.11 Å². The van der Waals surface area contributed by atoms with Gasteiger partial charge in [0.2, 0.25) is 10.4 Å². The molecule has 146 valence electrons. The van der Waals surface area contributed by atoms with Gasteiger partial charge < -0.3 is 4.55 Å². The Morgan fingerprint density at radius 3 is 1.92 bits per heavy atom. The van der Waals surface area contributed by atoms with Gasteiger partial charge in [-0.25, -0.2) is 13.0 Å². The van der Waals surface area contributed by atoms with Gasteiger partial charge in [-0.05, 0) is 19.4 Å². The van der Waals surface area contributed by atoms with Crippen LogP contribution in [0.15, 0.2) is 24.5 Å². The van der Waals surface area contributed by atoms with Crippen LogP contribution >= 0.6 is 0 Å². The Balaban J connectivity index is 0.000000823. The van der Waals surface area contributed by atoms with Crippen LogP contribution in [-0.2, 0) is 21.1 Å². The van der Waals surface area contributed by atoms with Crippen LogP contribution in [0.25, 0.3) is 0 Å². The van der Waals surface area contributed by atoms with Crippen molar-refractivity contribution in [1.29, 1.82) is 0 Å². The Morgan fingerprint density at radius 2 is 1.48 bits per heavy atom. The van der Waals surface area contributed by atoms with Crippen molar-refractivity contribution in [2.75, 3.05) is 7.11 Å². The molecule has 1 rings (SSSR count). The second kappa shape index (κ2) is 15.3. The monoisotopic (exact) mass is 373 g/mol. The first-order valence-electron chi connectivity index (χ1n) is 9.36. The standard InChI is InChI=1S/C18H32N.CH4O4S/c1-3-4-5-6-7-8-9-10-11-12-15-19-16-13-14-18(2)17-19;1-5-6(2,3)4/h13-14,16-17H,3-12,15H2,1-2H3;1H3,(H,2,3,4)/q+1;/p-1. The first-order chi connectivity index (χ1) is 11.9. The Bertz CT molecular complexity index is 532. The molecule has 5 nitrogen and oxygen atoms in total. The summed E-state index contributed by atoms with van der Waals surface area (Å²) in [6.45, 7) is 5.62. The van der Waals surface area contributed by atoms with Gasteiger partial charge in [-0.1, -0.05) is 58.3 Å². The molecule has 0 saturated carbocycles. The molecule has 25 heavy (non-hydrogen) atoms. The molecule has 0 amide bonds. The number of nitrogens with zero attached hydrogens (tertiary/aromatic N) is 1. The molecule has 0 N–H and O–H groups in total. The molecule has 0 radical (unpaired) electrons. The molecule has 0 saturated heterocycles. The number of unbranched alkanes of at least 4 members (excludes halogenated alkanes) is 9. The van der Waals surface area contributed by atoms with Gasteiger partial charge >= 0.3 is 0 Å². The zero-order valence-electron chi connectivity index (χ0n) is 16.1. The van der Waals surface area contributed by atoms with E-state index in [1.54, 1.807) is 0 Å². The second-order valence-electron chi connectivity index (χ2n) is 6.38. The SMILES string of the molecule is CCCCCCCCCCCC[n+]1cccc(C)c1.COS(=O)(=O)[O-]. The highest BCUT2D eigenvalue weighted by Gasteiger charge is 1.99. The summed E-state index contributed by atoms with van der Waals surface area (Å²) in [7, 11) is -3.60. The maximum Gasteiger partial charge on any atom is 0.217 e. The maximum absolute atomic E-state index is 9.22. The predicted molar refractivity (Wildman–Crippen MR) is 99.9 cm³/mol. The van der Waals surface area contributed by atoms with Crippen molar-refractivity contribution in [3.8, 4) is 0 Å². The zero-order chi connectivity index (χ0) is 19.0. The predicted octanol–water partition coefficient (Wildman–Crippen LogP) is 4.30. The topological polar surface area (TPSA) is 70.3 Å². The minimum atomic E-state index is -4.41. The van der Waals surface area contributed by atoms with Crippen LogP contribution in [0.3, 0.4) is 0 Å². The highest BCUT2D eigenvalue weighted by molar-refractivity contribution is 7.80. The number of hydrogen-bond donors (Lipinski definition) is 0. The molecule has 0 aliphatic rings. The lowest BCUT2D eigenvalue weighted by molar-refractivity contribution is -0.697. The Kier molecular flexibility index (Phi) is 14.7. The van der Waals surface area contributed by atoms with Crippen LogP contribution in [0.2, 0.25) is 0 Å². The van der Waals surface area contributed by atoms with E-state index in [0.717, 1.165) is 7.11 Å². The molecule has 0 spiro atoms. The minimum Gasteiger partial charge on any atom is -0.726 e. The summed E-state index contributed by atoms with van der Waals surface area (Å²) >= 11 is 0. The number of hydrogen-bond acceptors (Lipinski definition) is 4. The molecule has 1 heterocycles. The van der Waals surface area contributed by atoms with Gasteiger partial charge in [0.15, 0.2) is 12.4 Å². The van der Waals surface area contributed by atoms with E-state index in [9.17, 15) is 13.0 Å². The molecule has 0 fully saturated rings. The summed E-state index contributed by atoms with van der Waals surface area (Å²) in [4.78, 5) is 0. The quantitative estimate of drug-likeness (QED) is 0.237. The summed E-state index contributed by atoms with van der Waals surface area (Å²) in [5.74, 6) is 0. The number of aryl methyl sites for hydroxylation is 2. The third kappa shape index (κ3) is 17.6. The van der Waals surface area contributed by atoms with E-state index in [2.05, 4.69) is 47.1 Å². The number of pyridine rings is 1. The van der Waals surface area contributed by atoms with Crippen LogP contribution in [0.1, 0.15) is 76.7 Å². The molecule has 0 aliphatic carbocycles. The van der Waals surface area contributed by atoms with Crippen molar-refractivity contribution in [1.82, 2.24) is 0 Å². The minimum absolute atomic E-state index is 0.808. The van der Waals surface area contributed by atoms with E-state index in [-0.39, 0.29) is 0 Å². The van der Waals surface area contributed by atoms with E-state index in [4.69, 9.17) is 0 Å². The van der Waals surface area contributed by atoms with Gasteiger partial charge in [-0.15, -0.1) is 0 Å². The van der Waals surface area contributed by atoms with Crippen molar-refractivity contribution >= 4 is 10.4 Å². The van der Waals surface area contributed by atoms with Crippen LogP contribution in [0.5, 0.6) is 0 Å². The first kappa shape index (κ1) is 24.0. The van der Waals surface area contributed by atoms with Crippen LogP contribution < -0.4 is 4.57 Å². The fraction of sp³-hybridized carbons (Fsp3) is 0.737. The first-order valence-corrected chi connectivity index (χ1v) is 10.7. The van der Waals surface area contributed by atoms with Crippen LogP contribution in [0.4, 0.5) is 0 Å². The average molecular weight is 374 g/mol. The molecule has 0 unspecified atom stereocenters. The highest BCUT2D eigenvalue weighted by atomic mass is 32.3. The third-order valence-corrected chi connectivity index (χ3v) is 4.39. The van der Waals surface area contributed by atoms with E-state index < -0.39 is 10.4 Å². The molecule has 1 aromatic heterocycles. The molecule has 1 aromatic rings. The second-order valence-corrected chi connectivity index (χ2v) is 7.53. The lowest BCUT2D eigenvalue weighted by atomic mass is 10.1. The summed E-state index contributed by atoms with van der Waals surface area (Å²) in [5.41, 5.74) is 1.36.